The van der Waals surface area contributed by atoms with Crippen LogP contribution in [0.1, 0.15) is 12.6 Å². The number of aromatic nitrogens is 3. The Morgan fingerprint density at radius 3 is 2.67 bits per heavy atom. The zero-order valence-corrected chi connectivity index (χ0v) is 10.7. The van der Waals surface area contributed by atoms with E-state index in [1.165, 1.54) is 0 Å². The molecule has 0 saturated carbocycles. The lowest BCUT2D eigenvalue weighted by molar-refractivity contribution is 0.888. The molecule has 0 spiro atoms. The summed E-state index contributed by atoms with van der Waals surface area (Å²) in [7, 11) is 0. The molecule has 3 rings (SSSR count). The highest BCUT2D eigenvalue weighted by Gasteiger charge is 2.08. The van der Waals surface area contributed by atoms with E-state index in [2.05, 4.69) is 17.0 Å². The van der Waals surface area contributed by atoms with Crippen molar-refractivity contribution < 1.29 is 0 Å². The minimum atomic E-state index is 0.582. The van der Waals surface area contributed by atoms with Gasteiger partial charge in [0.25, 0.3) is 0 Å². The molecule has 18 heavy (non-hydrogen) atoms. The van der Waals surface area contributed by atoms with Crippen molar-refractivity contribution >= 4 is 17.2 Å². The number of nitrogens with zero attached hydrogens (tertiary/aromatic N) is 3. The molecule has 0 radical (unpaired) electrons. The third kappa shape index (κ3) is 1.87. The van der Waals surface area contributed by atoms with Crippen LogP contribution in [0.2, 0.25) is 5.15 Å². The van der Waals surface area contributed by atoms with Crippen molar-refractivity contribution in [3.05, 3.63) is 53.3 Å². The van der Waals surface area contributed by atoms with Gasteiger partial charge in [-0.05, 0) is 6.42 Å². The SMILES string of the molecule is CCc1cc2nc(-c3ccccc3)cc(Cl)n2n1. The zero-order chi connectivity index (χ0) is 12.5. The third-order valence-corrected chi connectivity index (χ3v) is 3.14. The molecule has 0 N–H and O–H groups in total. The second-order valence-corrected chi connectivity index (χ2v) is 4.48. The molecule has 0 aliphatic heterocycles. The molecule has 0 aliphatic rings. The van der Waals surface area contributed by atoms with Crippen molar-refractivity contribution in [2.75, 3.05) is 0 Å². The van der Waals surface area contributed by atoms with Gasteiger partial charge in [-0.15, -0.1) is 0 Å². The molecule has 1 aromatic carbocycles. The quantitative estimate of drug-likeness (QED) is 0.657. The van der Waals surface area contributed by atoms with Gasteiger partial charge in [-0.1, -0.05) is 48.9 Å². The molecule has 0 saturated heterocycles. The minimum Gasteiger partial charge on any atom is -0.228 e. The molecular weight excluding hydrogens is 246 g/mol. The van der Waals surface area contributed by atoms with Crippen LogP contribution >= 0.6 is 11.6 Å². The minimum absolute atomic E-state index is 0.582. The number of rotatable bonds is 2. The Hall–Kier alpha value is -1.87. The van der Waals surface area contributed by atoms with Gasteiger partial charge in [-0.2, -0.15) is 5.10 Å². The standard InChI is InChI=1S/C14H12ClN3/c1-2-11-8-14-16-12(9-13(15)18(14)17-11)10-6-4-3-5-7-10/h3-9H,2H2,1H3. The lowest BCUT2D eigenvalue weighted by Gasteiger charge is -2.03. The summed E-state index contributed by atoms with van der Waals surface area (Å²) in [6, 6.07) is 13.8. The van der Waals surface area contributed by atoms with Crippen molar-refractivity contribution in [2.45, 2.75) is 13.3 Å². The lowest BCUT2D eigenvalue weighted by atomic mass is 10.1. The average molecular weight is 258 g/mol. The zero-order valence-electron chi connectivity index (χ0n) is 9.97. The molecule has 0 amide bonds. The molecule has 4 heteroatoms. The van der Waals surface area contributed by atoms with Crippen LogP contribution in [0.4, 0.5) is 0 Å². The second-order valence-electron chi connectivity index (χ2n) is 4.09. The highest BCUT2D eigenvalue weighted by Crippen LogP contribution is 2.22. The second kappa shape index (κ2) is 4.42. The van der Waals surface area contributed by atoms with E-state index < -0.39 is 0 Å². The first-order chi connectivity index (χ1) is 8.78. The third-order valence-electron chi connectivity index (χ3n) is 2.87. The number of hydrogen-bond acceptors (Lipinski definition) is 2. The summed E-state index contributed by atoms with van der Waals surface area (Å²) in [6.07, 6.45) is 0.875. The first-order valence-corrected chi connectivity index (χ1v) is 6.26. The van der Waals surface area contributed by atoms with Crippen LogP contribution in [0.25, 0.3) is 16.9 Å². The molecule has 0 unspecified atom stereocenters. The van der Waals surface area contributed by atoms with E-state index in [0.29, 0.717) is 5.15 Å². The van der Waals surface area contributed by atoms with Crippen molar-refractivity contribution in [2.24, 2.45) is 0 Å². The maximum absolute atomic E-state index is 6.24. The van der Waals surface area contributed by atoms with E-state index in [0.717, 1.165) is 29.0 Å². The molecule has 3 aromatic rings. The van der Waals surface area contributed by atoms with E-state index in [9.17, 15) is 0 Å². The summed E-state index contributed by atoms with van der Waals surface area (Å²) in [4.78, 5) is 4.59. The van der Waals surface area contributed by atoms with E-state index >= 15 is 0 Å². The van der Waals surface area contributed by atoms with Crippen LogP contribution in [-0.4, -0.2) is 14.6 Å². The molecule has 0 fully saturated rings. The fourth-order valence-corrected chi connectivity index (χ4v) is 2.14. The molecule has 2 aromatic heterocycles. The van der Waals surface area contributed by atoms with Gasteiger partial charge in [-0.3, -0.25) is 0 Å². The Morgan fingerprint density at radius 2 is 1.94 bits per heavy atom. The summed E-state index contributed by atoms with van der Waals surface area (Å²) >= 11 is 6.24. The van der Waals surface area contributed by atoms with Gasteiger partial charge in [0.2, 0.25) is 0 Å². The van der Waals surface area contributed by atoms with E-state index in [-0.39, 0.29) is 0 Å². The molecule has 90 valence electrons. The van der Waals surface area contributed by atoms with Crippen LogP contribution < -0.4 is 0 Å². The van der Waals surface area contributed by atoms with Gasteiger partial charge < -0.3 is 0 Å². The van der Waals surface area contributed by atoms with Crippen molar-refractivity contribution in [1.29, 1.82) is 0 Å². The van der Waals surface area contributed by atoms with Crippen LogP contribution in [0.5, 0.6) is 0 Å². The molecule has 0 bridgehead atoms. The maximum Gasteiger partial charge on any atom is 0.157 e. The first kappa shape index (κ1) is 11.2. The number of fused-ring (bicyclic) bond motifs is 1. The van der Waals surface area contributed by atoms with Crippen LogP contribution in [0.15, 0.2) is 42.5 Å². The Morgan fingerprint density at radius 1 is 1.17 bits per heavy atom. The highest BCUT2D eigenvalue weighted by atomic mass is 35.5. The number of aryl methyl sites for hydroxylation is 1. The van der Waals surface area contributed by atoms with Crippen LogP contribution in [0, 0.1) is 0 Å². The molecule has 3 nitrogen and oxygen atoms in total. The van der Waals surface area contributed by atoms with Crippen LogP contribution in [-0.2, 0) is 6.42 Å². The van der Waals surface area contributed by atoms with E-state index in [1.54, 1.807) is 4.52 Å². The Kier molecular flexibility index (Phi) is 2.76. The summed E-state index contributed by atoms with van der Waals surface area (Å²) in [5.41, 5.74) is 3.71. The Bertz CT molecular complexity index is 689. The molecular formula is C14H12ClN3. The summed E-state index contributed by atoms with van der Waals surface area (Å²) in [5.74, 6) is 0. The fourth-order valence-electron chi connectivity index (χ4n) is 1.91. The summed E-state index contributed by atoms with van der Waals surface area (Å²) < 4.78 is 1.67. The smallest absolute Gasteiger partial charge is 0.157 e. The maximum atomic E-state index is 6.24. The van der Waals surface area contributed by atoms with E-state index in [1.807, 2.05) is 42.5 Å². The van der Waals surface area contributed by atoms with Gasteiger partial charge in [0.05, 0.1) is 11.4 Å². The van der Waals surface area contributed by atoms with Gasteiger partial charge in [-0.25, -0.2) is 9.50 Å². The fraction of sp³-hybridized carbons (Fsp3) is 0.143. The molecule has 0 atom stereocenters. The molecule has 0 aliphatic carbocycles. The Balaban J connectivity index is 2.21. The Labute approximate surface area is 110 Å². The lowest BCUT2D eigenvalue weighted by Crippen LogP contribution is -1.94. The average Bonchev–Trinajstić information content (AvgIpc) is 2.83. The number of halogens is 1. The van der Waals surface area contributed by atoms with Gasteiger partial charge in [0.15, 0.2) is 5.65 Å². The van der Waals surface area contributed by atoms with Crippen molar-refractivity contribution in [3.8, 4) is 11.3 Å². The summed E-state index contributed by atoms with van der Waals surface area (Å²) in [5, 5.41) is 4.97. The topological polar surface area (TPSA) is 30.2 Å². The van der Waals surface area contributed by atoms with Crippen molar-refractivity contribution in [3.63, 3.8) is 0 Å². The summed E-state index contributed by atoms with van der Waals surface area (Å²) in [6.45, 7) is 2.06. The first-order valence-electron chi connectivity index (χ1n) is 5.88. The monoisotopic (exact) mass is 257 g/mol. The van der Waals surface area contributed by atoms with Gasteiger partial charge in [0, 0.05) is 17.7 Å². The normalized spacial score (nSPS) is 11.0. The van der Waals surface area contributed by atoms with Gasteiger partial charge in [0.1, 0.15) is 5.15 Å². The number of hydrogen-bond donors (Lipinski definition) is 0. The van der Waals surface area contributed by atoms with E-state index in [4.69, 9.17) is 11.6 Å². The van der Waals surface area contributed by atoms with Crippen LogP contribution in [0.3, 0.4) is 0 Å². The van der Waals surface area contributed by atoms with Crippen molar-refractivity contribution in [1.82, 2.24) is 14.6 Å². The largest absolute Gasteiger partial charge is 0.228 e. The van der Waals surface area contributed by atoms with Gasteiger partial charge >= 0.3 is 0 Å². The predicted octanol–water partition coefficient (Wildman–Crippen LogP) is 3.61. The molecule has 2 heterocycles. The predicted molar refractivity (Wildman–Crippen MR) is 72.8 cm³/mol. The highest BCUT2D eigenvalue weighted by molar-refractivity contribution is 6.30. The number of benzene rings is 1.